The average molecular weight is 429 g/mol. The van der Waals surface area contributed by atoms with Crippen molar-refractivity contribution >= 4 is 31.9 Å². The second-order valence-corrected chi connectivity index (χ2v) is 8.08. The molecule has 25 heavy (non-hydrogen) atoms. The number of pyridine rings is 1. The van der Waals surface area contributed by atoms with E-state index >= 15 is 0 Å². The lowest BCUT2D eigenvalue weighted by Crippen LogP contribution is -2.42. The summed E-state index contributed by atoms with van der Waals surface area (Å²) in [5.74, 6) is -0.979. The molecule has 0 aliphatic carbocycles. The van der Waals surface area contributed by atoms with E-state index in [1.807, 2.05) is 0 Å². The van der Waals surface area contributed by atoms with E-state index in [0.29, 0.717) is 17.4 Å². The van der Waals surface area contributed by atoms with E-state index in [-0.39, 0.29) is 17.2 Å². The van der Waals surface area contributed by atoms with Crippen LogP contribution in [0.2, 0.25) is 0 Å². The highest BCUT2D eigenvalue weighted by atomic mass is 79.9. The summed E-state index contributed by atoms with van der Waals surface area (Å²) >= 11 is 3.18. The molecule has 0 spiro atoms. The molecule has 1 saturated heterocycles. The molecule has 1 aromatic heterocycles. The van der Waals surface area contributed by atoms with Crippen LogP contribution in [0.3, 0.4) is 0 Å². The Morgan fingerprint density at radius 3 is 2.68 bits per heavy atom. The maximum atomic E-state index is 13.0. The van der Waals surface area contributed by atoms with Crippen LogP contribution in [0.25, 0.3) is 0 Å². The first-order valence-electron chi connectivity index (χ1n) is 7.49. The van der Waals surface area contributed by atoms with Crippen molar-refractivity contribution in [2.45, 2.75) is 23.8 Å². The minimum Gasteiger partial charge on any atom is -0.422 e. The molecule has 1 aromatic carbocycles. The summed E-state index contributed by atoms with van der Waals surface area (Å²) < 4.78 is 45.3. The zero-order chi connectivity index (χ0) is 18.0. The molecular weight excluding hydrogens is 415 g/mol. The van der Waals surface area contributed by atoms with Gasteiger partial charge in [0.1, 0.15) is 16.5 Å². The predicted octanol–water partition coefficient (Wildman–Crippen LogP) is 2.74. The van der Waals surface area contributed by atoms with Gasteiger partial charge in [-0.2, -0.15) is 4.31 Å². The number of carbonyl (C=O) groups is 1. The lowest BCUT2D eigenvalue weighted by atomic mass is 10.2. The van der Waals surface area contributed by atoms with Crippen molar-refractivity contribution in [1.29, 1.82) is 0 Å². The fourth-order valence-electron chi connectivity index (χ4n) is 2.63. The lowest BCUT2D eigenvalue weighted by Gasteiger charge is -2.22. The second-order valence-electron chi connectivity index (χ2n) is 5.44. The zero-order valence-electron chi connectivity index (χ0n) is 12.9. The van der Waals surface area contributed by atoms with Crippen LogP contribution in [0.15, 0.2) is 52.1 Å². The fraction of sp³-hybridized carbons (Fsp3) is 0.250. The summed E-state index contributed by atoms with van der Waals surface area (Å²) in [5.41, 5.74) is 0. The van der Waals surface area contributed by atoms with Crippen molar-refractivity contribution in [1.82, 2.24) is 9.29 Å². The highest BCUT2D eigenvalue weighted by Crippen LogP contribution is 2.29. The molecule has 0 radical (unpaired) electrons. The van der Waals surface area contributed by atoms with Crippen LogP contribution in [0.5, 0.6) is 5.75 Å². The number of hydrogen-bond acceptors (Lipinski definition) is 5. The Hall–Kier alpha value is -1.84. The number of ether oxygens (including phenoxy) is 1. The first-order chi connectivity index (χ1) is 11.9. The summed E-state index contributed by atoms with van der Waals surface area (Å²) in [6.45, 7) is 0.202. The third-order valence-electron chi connectivity index (χ3n) is 3.83. The molecule has 132 valence electrons. The largest absolute Gasteiger partial charge is 0.422 e. The molecule has 6 nitrogen and oxygen atoms in total. The molecular formula is C16H14BrFN2O4S. The normalized spacial score (nSPS) is 18.2. The molecule has 9 heteroatoms. The summed E-state index contributed by atoms with van der Waals surface area (Å²) in [4.78, 5) is 16.4. The number of carbonyl (C=O) groups excluding carboxylic acids is 1. The molecule has 1 atom stereocenters. The summed E-state index contributed by atoms with van der Waals surface area (Å²) in [7, 11) is -3.91. The van der Waals surface area contributed by atoms with Crippen molar-refractivity contribution in [3.63, 3.8) is 0 Å². The maximum absolute atomic E-state index is 13.0. The van der Waals surface area contributed by atoms with E-state index in [9.17, 15) is 17.6 Å². The van der Waals surface area contributed by atoms with E-state index in [2.05, 4.69) is 20.9 Å². The number of benzene rings is 1. The SMILES string of the molecule is O=C(Oc1cccnc1Br)[C@@H]1CCCN1S(=O)(=O)c1ccc(F)cc1. The number of nitrogens with zero attached hydrogens (tertiary/aromatic N) is 2. The van der Waals surface area contributed by atoms with Gasteiger partial charge in [-0.25, -0.2) is 22.6 Å². The summed E-state index contributed by atoms with van der Waals surface area (Å²) in [6, 6.07) is 6.75. The molecule has 1 aliphatic rings. The van der Waals surface area contributed by atoms with E-state index < -0.39 is 27.9 Å². The summed E-state index contributed by atoms with van der Waals surface area (Å²) in [5, 5.41) is 0. The van der Waals surface area contributed by atoms with Crippen molar-refractivity contribution in [2.24, 2.45) is 0 Å². The number of sulfonamides is 1. The molecule has 0 bridgehead atoms. The third kappa shape index (κ3) is 3.73. The number of rotatable bonds is 4. The molecule has 1 aliphatic heterocycles. The quantitative estimate of drug-likeness (QED) is 0.552. The van der Waals surface area contributed by atoms with Crippen molar-refractivity contribution < 1.29 is 22.3 Å². The molecule has 2 aromatic rings. The van der Waals surface area contributed by atoms with Crippen LogP contribution in [0.1, 0.15) is 12.8 Å². The maximum Gasteiger partial charge on any atom is 0.329 e. The molecule has 0 unspecified atom stereocenters. The topological polar surface area (TPSA) is 76.6 Å². The molecule has 0 N–H and O–H groups in total. The minimum absolute atomic E-state index is 0.0591. The van der Waals surface area contributed by atoms with Crippen LogP contribution in [0.4, 0.5) is 4.39 Å². The predicted molar refractivity (Wildman–Crippen MR) is 90.9 cm³/mol. The smallest absolute Gasteiger partial charge is 0.329 e. The summed E-state index contributed by atoms with van der Waals surface area (Å²) in [6.07, 6.45) is 2.42. The van der Waals surface area contributed by atoms with Crippen LogP contribution in [0, 0.1) is 5.82 Å². The zero-order valence-corrected chi connectivity index (χ0v) is 15.3. The van der Waals surface area contributed by atoms with Crippen LogP contribution >= 0.6 is 15.9 Å². The molecule has 0 saturated carbocycles. The third-order valence-corrected chi connectivity index (χ3v) is 6.35. The van der Waals surface area contributed by atoms with Gasteiger partial charge in [0.15, 0.2) is 5.75 Å². The van der Waals surface area contributed by atoms with Crippen molar-refractivity contribution in [3.8, 4) is 5.75 Å². The van der Waals surface area contributed by atoms with Gasteiger partial charge in [0.25, 0.3) is 0 Å². The molecule has 0 amide bonds. The number of aromatic nitrogens is 1. The van der Waals surface area contributed by atoms with E-state index in [1.165, 1.54) is 18.3 Å². The van der Waals surface area contributed by atoms with Gasteiger partial charge < -0.3 is 4.74 Å². The number of hydrogen-bond donors (Lipinski definition) is 0. The molecule has 1 fully saturated rings. The Labute approximate surface area is 152 Å². The van der Waals surface area contributed by atoms with E-state index in [0.717, 1.165) is 16.4 Å². The van der Waals surface area contributed by atoms with Crippen molar-refractivity contribution in [2.75, 3.05) is 6.54 Å². The van der Waals surface area contributed by atoms with E-state index in [1.54, 1.807) is 12.1 Å². The van der Waals surface area contributed by atoms with Gasteiger partial charge in [0.2, 0.25) is 10.0 Å². The van der Waals surface area contributed by atoms with Gasteiger partial charge in [0, 0.05) is 12.7 Å². The Morgan fingerprint density at radius 1 is 1.28 bits per heavy atom. The number of halogens is 2. The Morgan fingerprint density at radius 2 is 2.00 bits per heavy atom. The van der Waals surface area contributed by atoms with Crippen LogP contribution in [-0.4, -0.2) is 36.3 Å². The van der Waals surface area contributed by atoms with Gasteiger partial charge in [-0.15, -0.1) is 0 Å². The van der Waals surface area contributed by atoms with Gasteiger partial charge in [-0.05, 0) is 65.2 Å². The van der Waals surface area contributed by atoms with Gasteiger partial charge in [-0.1, -0.05) is 0 Å². The van der Waals surface area contributed by atoms with Crippen molar-refractivity contribution in [3.05, 3.63) is 53.0 Å². The highest BCUT2D eigenvalue weighted by Gasteiger charge is 2.40. The Bertz CT molecular complexity index is 889. The average Bonchev–Trinajstić information content (AvgIpc) is 3.08. The fourth-order valence-corrected chi connectivity index (χ4v) is 4.61. The minimum atomic E-state index is -3.91. The molecule has 2 heterocycles. The first kappa shape index (κ1) is 18.0. The number of esters is 1. The van der Waals surface area contributed by atoms with Gasteiger partial charge >= 0.3 is 5.97 Å². The molecule has 3 rings (SSSR count). The second kappa shape index (κ2) is 7.19. The standard InChI is InChI=1S/C16H14BrFN2O4S/c17-15-14(4-1-9-19-15)24-16(21)13-3-2-10-20(13)25(22,23)12-7-5-11(18)6-8-12/h1,4-9,13H,2-3,10H2/t13-/m0/s1. The Balaban J connectivity index is 1.83. The van der Waals surface area contributed by atoms with Crippen LogP contribution < -0.4 is 4.74 Å². The van der Waals surface area contributed by atoms with Gasteiger partial charge in [-0.3, -0.25) is 0 Å². The lowest BCUT2D eigenvalue weighted by molar-refractivity contribution is -0.138. The first-order valence-corrected chi connectivity index (χ1v) is 9.72. The van der Waals surface area contributed by atoms with E-state index in [4.69, 9.17) is 4.74 Å². The van der Waals surface area contributed by atoms with Gasteiger partial charge in [0.05, 0.1) is 4.90 Å². The Kier molecular flexibility index (Phi) is 5.16. The highest BCUT2D eigenvalue weighted by molar-refractivity contribution is 9.10. The monoisotopic (exact) mass is 428 g/mol. The van der Waals surface area contributed by atoms with Crippen LogP contribution in [-0.2, 0) is 14.8 Å².